The fourth-order valence-electron chi connectivity index (χ4n) is 3.63. The third-order valence-electron chi connectivity index (χ3n) is 5.15. The van der Waals surface area contributed by atoms with Crippen molar-refractivity contribution in [3.63, 3.8) is 0 Å². The van der Waals surface area contributed by atoms with Crippen molar-refractivity contribution in [2.45, 2.75) is 65.1 Å². The molecule has 2 aromatic rings. The summed E-state index contributed by atoms with van der Waals surface area (Å²) in [5, 5.41) is 9.87. The molecule has 1 aromatic carbocycles. The first kappa shape index (κ1) is 24.4. The Kier molecular flexibility index (Phi) is 9.05. The second-order valence-corrected chi connectivity index (χ2v) is 8.49. The summed E-state index contributed by atoms with van der Waals surface area (Å²) in [7, 11) is 0. The minimum atomic E-state index is -0.610. The molecular weight excluding hydrogens is 394 g/mol. The lowest BCUT2D eigenvalue weighted by molar-refractivity contribution is -0.130. The van der Waals surface area contributed by atoms with Gasteiger partial charge in [0.25, 0.3) is 0 Å². The van der Waals surface area contributed by atoms with E-state index in [1.54, 1.807) is 0 Å². The largest absolute Gasteiger partial charge is 0.361 e. The predicted octanol–water partition coefficient (Wildman–Crippen LogP) is 2.24. The molecule has 0 spiro atoms. The van der Waals surface area contributed by atoms with Gasteiger partial charge < -0.3 is 26.7 Å². The molecule has 1 heterocycles. The van der Waals surface area contributed by atoms with Crippen molar-refractivity contribution in [3.05, 3.63) is 36.0 Å². The van der Waals surface area contributed by atoms with Crippen LogP contribution in [0.15, 0.2) is 30.5 Å². The number of amides is 3. The highest BCUT2D eigenvalue weighted by molar-refractivity contribution is 5.92. The Morgan fingerprint density at radius 3 is 2.42 bits per heavy atom. The highest BCUT2D eigenvalue weighted by Gasteiger charge is 2.27. The molecule has 170 valence electrons. The third kappa shape index (κ3) is 7.40. The highest BCUT2D eigenvalue weighted by Crippen LogP contribution is 2.19. The van der Waals surface area contributed by atoms with E-state index in [0.717, 1.165) is 16.5 Å². The molecule has 0 aliphatic heterocycles. The molecule has 0 bridgehead atoms. The lowest BCUT2D eigenvalue weighted by Crippen LogP contribution is -2.53. The molecule has 0 aliphatic carbocycles. The van der Waals surface area contributed by atoms with E-state index in [1.165, 1.54) is 0 Å². The van der Waals surface area contributed by atoms with E-state index in [1.807, 2.05) is 58.2 Å². The number of rotatable bonds is 12. The van der Waals surface area contributed by atoms with Gasteiger partial charge in [-0.25, -0.2) is 4.79 Å². The minimum Gasteiger partial charge on any atom is -0.361 e. The van der Waals surface area contributed by atoms with Crippen molar-refractivity contribution in [2.75, 3.05) is 6.54 Å². The predicted molar refractivity (Wildman–Crippen MR) is 123 cm³/mol. The number of urea groups is 1. The smallest absolute Gasteiger partial charge is 0.312 e. The lowest BCUT2D eigenvalue weighted by Gasteiger charge is -2.25. The summed E-state index contributed by atoms with van der Waals surface area (Å²) in [6.45, 7) is 7.97. The maximum Gasteiger partial charge on any atom is 0.312 e. The zero-order valence-corrected chi connectivity index (χ0v) is 18.8. The standard InChI is InChI=1S/C23H35N5O3/c1-14(2)21(29)19(10-7-11-25-23(24)31)28-22(30)20(27-15(3)4)12-16-13-26-18-9-6-5-8-17(16)18/h5-6,8-9,13-15,19-20,26-27H,7,10-12H2,1-4H3,(H,28,30)(H3,24,25,31)/t19-,20-/m1/s1. The number of carbonyl (C=O) groups excluding carboxylic acids is 3. The van der Waals surface area contributed by atoms with Gasteiger partial charge in [0.05, 0.1) is 12.1 Å². The zero-order chi connectivity index (χ0) is 23.0. The summed E-state index contributed by atoms with van der Waals surface area (Å²) in [6.07, 6.45) is 3.40. The topological polar surface area (TPSA) is 129 Å². The van der Waals surface area contributed by atoms with Crippen LogP contribution in [0.4, 0.5) is 4.79 Å². The first-order valence-electron chi connectivity index (χ1n) is 10.9. The maximum atomic E-state index is 13.2. The Labute approximate surface area is 183 Å². The molecule has 0 aliphatic rings. The number of ketones is 1. The van der Waals surface area contributed by atoms with E-state index in [2.05, 4.69) is 20.9 Å². The summed E-state index contributed by atoms with van der Waals surface area (Å²) in [5.74, 6) is -0.441. The van der Waals surface area contributed by atoms with Gasteiger partial charge in [0.15, 0.2) is 5.78 Å². The Morgan fingerprint density at radius 1 is 1.06 bits per heavy atom. The van der Waals surface area contributed by atoms with Crippen molar-refractivity contribution >= 4 is 28.6 Å². The van der Waals surface area contributed by atoms with Gasteiger partial charge in [-0.2, -0.15) is 0 Å². The number of benzene rings is 1. The summed E-state index contributed by atoms with van der Waals surface area (Å²) >= 11 is 0. The minimum absolute atomic E-state index is 0.0252. The van der Waals surface area contributed by atoms with E-state index in [-0.39, 0.29) is 23.7 Å². The zero-order valence-electron chi connectivity index (χ0n) is 18.8. The fraction of sp³-hybridized carbons (Fsp3) is 0.522. The Balaban J connectivity index is 2.13. The normalized spacial score (nSPS) is 13.4. The van der Waals surface area contributed by atoms with Crippen LogP contribution in [0.2, 0.25) is 0 Å². The quantitative estimate of drug-likeness (QED) is 0.331. The number of carbonyl (C=O) groups is 3. The lowest BCUT2D eigenvalue weighted by atomic mass is 9.96. The molecule has 8 heteroatoms. The van der Waals surface area contributed by atoms with Gasteiger partial charge in [0, 0.05) is 35.6 Å². The number of aromatic nitrogens is 1. The van der Waals surface area contributed by atoms with Gasteiger partial charge in [0.1, 0.15) is 0 Å². The van der Waals surface area contributed by atoms with Crippen molar-refractivity contribution in [1.29, 1.82) is 0 Å². The molecule has 0 fully saturated rings. The van der Waals surface area contributed by atoms with Gasteiger partial charge in [-0.3, -0.25) is 9.59 Å². The van der Waals surface area contributed by atoms with Crippen LogP contribution in [-0.4, -0.2) is 47.4 Å². The number of hydrogen-bond acceptors (Lipinski definition) is 4. The van der Waals surface area contributed by atoms with Gasteiger partial charge >= 0.3 is 6.03 Å². The molecule has 8 nitrogen and oxygen atoms in total. The maximum absolute atomic E-state index is 13.2. The average Bonchev–Trinajstić information content (AvgIpc) is 3.11. The Morgan fingerprint density at radius 2 is 1.77 bits per heavy atom. The fourth-order valence-corrected chi connectivity index (χ4v) is 3.63. The molecule has 3 amide bonds. The molecule has 6 N–H and O–H groups in total. The van der Waals surface area contributed by atoms with Crippen LogP contribution in [0.25, 0.3) is 10.9 Å². The molecule has 0 radical (unpaired) electrons. The number of para-hydroxylation sites is 1. The summed E-state index contributed by atoms with van der Waals surface area (Å²) in [4.78, 5) is 40.0. The van der Waals surface area contributed by atoms with Crippen LogP contribution in [0, 0.1) is 5.92 Å². The van der Waals surface area contributed by atoms with Crippen LogP contribution in [0.3, 0.4) is 0 Å². The number of primary amides is 1. The Bertz CT molecular complexity index is 890. The van der Waals surface area contributed by atoms with Crippen LogP contribution in [0.1, 0.15) is 46.1 Å². The van der Waals surface area contributed by atoms with Crippen LogP contribution < -0.4 is 21.7 Å². The molecule has 0 saturated heterocycles. The number of fused-ring (bicyclic) bond motifs is 1. The number of Topliss-reactive ketones (excluding diaryl/α,β-unsaturated/α-hetero) is 1. The van der Waals surface area contributed by atoms with Crippen molar-refractivity contribution in [3.8, 4) is 0 Å². The molecule has 2 rings (SSSR count). The van der Waals surface area contributed by atoms with Gasteiger partial charge in [-0.15, -0.1) is 0 Å². The summed E-state index contributed by atoms with van der Waals surface area (Å²) in [5.41, 5.74) is 7.16. The van der Waals surface area contributed by atoms with Crippen molar-refractivity contribution in [1.82, 2.24) is 20.9 Å². The number of nitrogens with two attached hydrogens (primary N) is 1. The SMILES string of the molecule is CC(C)N[C@H](Cc1c[nH]c2ccccc12)C(=O)N[C@H](CCCNC(N)=O)C(=O)C(C)C. The molecule has 0 saturated carbocycles. The molecule has 1 aromatic heterocycles. The molecule has 0 unspecified atom stereocenters. The van der Waals surface area contributed by atoms with E-state index in [4.69, 9.17) is 5.73 Å². The number of H-pyrrole nitrogens is 1. The summed E-state index contributed by atoms with van der Waals surface area (Å²) in [6, 6.07) is 6.38. The van der Waals surface area contributed by atoms with Gasteiger partial charge in [0.2, 0.25) is 5.91 Å². The van der Waals surface area contributed by atoms with E-state index in [9.17, 15) is 14.4 Å². The average molecular weight is 430 g/mol. The second kappa shape index (κ2) is 11.5. The van der Waals surface area contributed by atoms with Crippen LogP contribution >= 0.6 is 0 Å². The second-order valence-electron chi connectivity index (χ2n) is 8.49. The number of aromatic amines is 1. The Hall–Kier alpha value is -2.87. The first-order valence-corrected chi connectivity index (χ1v) is 10.9. The molecule has 2 atom stereocenters. The van der Waals surface area contributed by atoms with Gasteiger partial charge in [-0.05, 0) is 30.9 Å². The monoisotopic (exact) mass is 429 g/mol. The first-order chi connectivity index (χ1) is 14.7. The van der Waals surface area contributed by atoms with E-state index < -0.39 is 18.1 Å². The molecular formula is C23H35N5O3. The highest BCUT2D eigenvalue weighted by atomic mass is 16.2. The van der Waals surface area contributed by atoms with Crippen LogP contribution in [-0.2, 0) is 16.0 Å². The number of hydrogen-bond donors (Lipinski definition) is 5. The summed E-state index contributed by atoms with van der Waals surface area (Å²) < 4.78 is 0. The van der Waals surface area contributed by atoms with E-state index in [0.29, 0.717) is 25.8 Å². The van der Waals surface area contributed by atoms with E-state index >= 15 is 0 Å². The van der Waals surface area contributed by atoms with Crippen LogP contribution in [0.5, 0.6) is 0 Å². The third-order valence-corrected chi connectivity index (χ3v) is 5.15. The van der Waals surface area contributed by atoms with Crippen molar-refractivity contribution < 1.29 is 14.4 Å². The van der Waals surface area contributed by atoms with Gasteiger partial charge in [-0.1, -0.05) is 45.9 Å². The number of nitrogens with one attached hydrogen (secondary N) is 4. The molecule has 31 heavy (non-hydrogen) atoms. The van der Waals surface area contributed by atoms with Crippen molar-refractivity contribution in [2.24, 2.45) is 11.7 Å².